The van der Waals surface area contributed by atoms with Crippen LogP contribution in [-0.2, 0) is 11.8 Å². The number of hydrogen-bond acceptors (Lipinski definition) is 4. The van der Waals surface area contributed by atoms with E-state index in [-0.39, 0.29) is 18.1 Å². The average Bonchev–Trinajstić information content (AvgIpc) is 3.68. The lowest BCUT2D eigenvalue weighted by molar-refractivity contribution is -0.122. The molecular formula is C34H27N5O4. The number of para-hydroxylation sites is 2. The van der Waals surface area contributed by atoms with Gasteiger partial charge in [-0.05, 0) is 54.1 Å². The van der Waals surface area contributed by atoms with Gasteiger partial charge >= 0.3 is 0 Å². The normalized spacial score (nSPS) is 14.2. The van der Waals surface area contributed by atoms with E-state index in [1.54, 1.807) is 17.0 Å². The Bertz CT molecular complexity index is 2030. The maximum absolute atomic E-state index is 13.5. The number of nitrogens with one attached hydrogen (secondary N) is 3. The third kappa shape index (κ3) is 4.76. The van der Waals surface area contributed by atoms with E-state index in [2.05, 4.69) is 15.8 Å². The summed E-state index contributed by atoms with van der Waals surface area (Å²) in [7, 11) is 1.96. The van der Waals surface area contributed by atoms with Gasteiger partial charge in [0.2, 0.25) is 0 Å². The number of rotatable bonds is 6. The Morgan fingerprint density at radius 3 is 2.47 bits per heavy atom. The van der Waals surface area contributed by atoms with Crippen LogP contribution in [0, 0.1) is 0 Å². The van der Waals surface area contributed by atoms with Crippen LogP contribution >= 0.6 is 0 Å². The van der Waals surface area contributed by atoms with Gasteiger partial charge in [0.25, 0.3) is 17.7 Å². The van der Waals surface area contributed by atoms with Crippen LogP contribution in [0.1, 0.15) is 38.0 Å². The molecule has 0 radical (unpaired) electrons. The van der Waals surface area contributed by atoms with Crippen molar-refractivity contribution in [2.45, 2.75) is 6.04 Å². The van der Waals surface area contributed by atoms with Crippen molar-refractivity contribution in [1.29, 1.82) is 0 Å². The van der Waals surface area contributed by atoms with Crippen LogP contribution in [0.5, 0.6) is 11.5 Å². The number of aromatic amines is 1. The lowest BCUT2D eigenvalue weighted by atomic mass is 9.97. The van der Waals surface area contributed by atoms with Gasteiger partial charge in [-0.2, -0.15) is 0 Å². The van der Waals surface area contributed by atoms with Gasteiger partial charge in [0.15, 0.2) is 0 Å². The number of carbonyl (C=O) groups is 3. The summed E-state index contributed by atoms with van der Waals surface area (Å²) in [5.74, 6) is 0.0700. The second-order valence-corrected chi connectivity index (χ2v) is 10.5. The number of amides is 3. The number of hydrazine groups is 1. The molecule has 4 aromatic carbocycles. The van der Waals surface area contributed by atoms with E-state index in [0.717, 1.165) is 32.9 Å². The first kappa shape index (κ1) is 26.1. The van der Waals surface area contributed by atoms with Gasteiger partial charge in [0.05, 0.1) is 6.04 Å². The van der Waals surface area contributed by atoms with E-state index >= 15 is 0 Å². The van der Waals surface area contributed by atoms with Gasteiger partial charge in [0, 0.05) is 46.2 Å². The van der Waals surface area contributed by atoms with Crippen molar-refractivity contribution < 1.29 is 19.1 Å². The number of nitrogens with zero attached hydrogens (tertiary/aromatic N) is 2. The molecule has 1 aliphatic rings. The molecule has 7 rings (SSSR count). The lowest BCUT2D eigenvalue weighted by Crippen LogP contribution is -2.47. The van der Waals surface area contributed by atoms with Crippen molar-refractivity contribution in [2.24, 2.45) is 7.05 Å². The molecule has 9 nitrogen and oxygen atoms in total. The zero-order valence-corrected chi connectivity index (χ0v) is 23.2. The summed E-state index contributed by atoms with van der Waals surface area (Å²) in [4.78, 5) is 44.2. The Morgan fingerprint density at radius 1 is 0.837 bits per heavy atom. The molecule has 0 aliphatic carbocycles. The fraction of sp³-hybridized carbons (Fsp3) is 0.0882. The van der Waals surface area contributed by atoms with Crippen LogP contribution in [0.2, 0.25) is 0 Å². The van der Waals surface area contributed by atoms with Crippen LogP contribution < -0.4 is 15.6 Å². The molecule has 0 saturated heterocycles. The van der Waals surface area contributed by atoms with E-state index in [4.69, 9.17) is 4.74 Å². The Balaban J connectivity index is 1.07. The molecule has 3 amide bonds. The van der Waals surface area contributed by atoms with Crippen LogP contribution in [0.4, 0.5) is 0 Å². The molecule has 9 heteroatoms. The second-order valence-electron chi connectivity index (χ2n) is 10.5. The molecule has 212 valence electrons. The van der Waals surface area contributed by atoms with Gasteiger partial charge in [-0.25, -0.2) is 0 Å². The zero-order valence-electron chi connectivity index (χ0n) is 23.2. The molecule has 0 bridgehead atoms. The van der Waals surface area contributed by atoms with Gasteiger partial charge in [-0.15, -0.1) is 0 Å². The molecule has 3 N–H and O–H groups in total. The fourth-order valence-electron chi connectivity index (χ4n) is 5.77. The summed E-state index contributed by atoms with van der Waals surface area (Å²) >= 11 is 0. The molecule has 43 heavy (non-hydrogen) atoms. The summed E-state index contributed by atoms with van der Waals surface area (Å²) in [6, 6.07) is 31.5. The van der Waals surface area contributed by atoms with Crippen molar-refractivity contribution in [2.75, 3.05) is 6.54 Å². The maximum Gasteiger partial charge on any atom is 0.286 e. The summed E-state index contributed by atoms with van der Waals surface area (Å²) in [6.45, 7) is -0.242. The molecule has 6 aromatic rings. The molecule has 1 unspecified atom stereocenters. The number of fused-ring (bicyclic) bond motifs is 3. The Morgan fingerprint density at radius 2 is 1.60 bits per heavy atom. The van der Waals surface area contributed by atoms with Gasteiger partial charge < -0.3 is 19.2 Å². The first-order chi connectivity index (χ1) is 21.0. The van der Waals surface area contributed by atoms with Crippen molar-refractivity contribution in [3.05, 3.63) is 132 Å². The summed E-state index contributed by atoms with van der Waals surface area (Å²) in [6.07, 6.45) is 2.00. The first-order valence-corrected chi connectivity index (χ1v) is 13.8. The Labute approximate surface area is 246 Å². The van der Waals surface area contributed by atoms with Gasteiger partial charge in [-0.1, -0.05) is 54.6 Å². The van der Waals surface area contributed by atoms with Crippen LogP contribution in [-0.4, -0.2) is 38.7 Å². The van der Waals surface area contributed by atoms with E-state index in [1.165, 1.54) is 0 Å². The lowest BCUT2D eigenvalue weighted by Gasteiger charge is -2.25. The molecule has 0 spiro atoms. The molecule has 3 heterocycles. The number of ether oxygens (including phenoxy) is 1. The minimum Gasteiger partial charge on any atom is -0.457 e. The van der Waals surface area contributed by atoms with Crippen LogP contribution in [0.15, 0.2) is 109 Å². The molecule has 1 atom stereocenters. The quantitative estimate of drug-likeness (QED) is 0.232. The molecule has 1 aliphatic heterocycles. The average molecular weight is 570 g/mol. The van der Waals surface area contributed by atoms with E-state index in [9.17, 15) is 14.4 Å². The Kier molecular flexibility index (Phi) is 6.39. The number of aryl methyl sites for hydroxylation is 1. The van der Waals surface area contributed by atoms with E-state index in [1.807, 2.05) is 109 Å². The number of hydrogen-bond donors (Lipinski definition) is 3. The predicted molar refractivity (Wildman–Crippen MR) is 163 cm³/mol. The molecule has 2 aromatic heterocycles. The first-order valence-electron chi connectivity index (χ1n) is 13.8. The number of H-pyrrole nitrogens is 1. The minimum atomic E-state index is -0.519. The monoisotopic (exact) mass is 569 g/mol. The van der Waals surface area contributed by atoms with Crippen molar-refractivity contribution in [3.63, 3.8) is 0 Å². The van der Waals surface area contributed by atoms with E-state index in [0.29, 0.717) is 17.1 Å². The summed E-state index contributed by atoms with van der Waals surface area (Å²) in [5, 5.41) is 1.79. The highest BCUT2D eigenvalue weighted by Gasteiger charge is 2.39. The molecule has 0 fully saturated rings. The topological polar surface area (TPSA) is 108 Å². The number of aromatic nitrogens is 2. The van der Waals surface area contributed by atoms with Gasteiger partial charge in [0.1, 0.15) is 23.7 Å². The van der Waals surface area contributed by atoms with Crippen molar-refractivity contribution in [3.8, 4) is 11.5 Å². The Hall–Kier alpha value is -5.83. The van der Waals surface area contributed by atoms with Crippen LogP contribution in [0.25, 0.3) is 21.8 Å². The van der Waals surface area contributed by atoms with Crippen molar-refractivity contribution in [1.82, 2.24) is 25.3 Å². The number of benzene rings is 4. The third-order valence-electron chi connectivity index (χ3n) is 7.73. The predicted octanol–water partition coefficient (Wildman–Crippen LogP) is 5.46. The minimum absolute atomic E-state index is 0.237. The standard InChI is InChI=1S/C34H27N5O4/c1-38-19-27(24-11-7-8-14-30(24)38)32-25-12-5-6-13-26(25)34(42)39(32)20-31(40)36-37-33(41)29-18-21-17-23(15-16-28(21)35-29)43-22-9-3-2-4-10-22/h2-19,32,35H,20H2,1H3,(H,36,40)(H,37,41). The summed E-state index contributed by atoms with van der Waals surface area (Å²) in [5.41, 5.74) is 9.33. The van der Waals surface area contributed by atoms with Crippen LogP contribution in [0.3, 0.4) is 0 Å². The SMILES string of the molecule is Cn1cc(C2c3ccccc3C(=O)N2CC(=O)NNC(=O)c2cc3cc(Oc4ccccc4)ccc3[nH]2)c2ccccc21. The largest absolute Gasteiger partial charge is 0.457 e. The zero-order chi connectivity index (χ0) is 29.5. The summed E-state index contributed by atoms with van der Waals surface area (Å²) < 4.78 is 7.91. The second kappa shape index (κ2) is 10.5. The number of carbonyl (C=O) groups excluding carboxylic acids is 3. The fourth-order valence-corrected chi connectivity index (χ4v) is 5.77. The van der Waals surface area contributed by atoms with Gasteiger partial charge in [-0.3, -0.25) is 25.2 Å². The maximum atomic E-state index is 13.5. The third-order valence-corrected chi connectivity index (χ3v) is 7.73. The molecule has 0 saturated carbocycles. The molecular weight excluding hydrogens is 542 g/mol. The highest BCUT2D eigenvalue weighted by atomic mass is 16.5. The van der Waals surface area contributed by atoms with Crippen molar-refractivity contribution >= 4 is 39.5 Å². The van der Waals surface area contributed by atoms with E-state index < -0.39 is 17.9 Å². The smallest absolute Gasteiger partial charge is 0.286 e. The highest BCUT2D eigenvalue weighted by Crippen LogP contribution is 2.41. The highest BCUT2D eigenvalue weighted by molar-refractivity contribution is 6.03.